The first-order chi connectivity index (χ1) is 11.2. The Morgan fingerprint density at radius 3 is 2.39 bits per heavy atom. The van der Waals surface area contributed by atoms with Crippen molar-refractivity contribution >= 4 is 17.3 Å². The van der Waals surface area contributed by atoms with Crippen molar-refractivity contribution in [1.82, 2.24) is 9.97 Å². The molecule has 0 radical (unpaired) electrons. The summed E-state index contributed by atoms with van der Waals surface area (Å²) in [7, 11) is 0. The Labute approximate surface area is 132 Å². The molecule has 1 aliphatic rings. The minimum absolute atomic E-state index is 0.0679. The Kier molecular flexibility index (Phi) is 4.01. The molecule has 1 saturated heterocycles. The standard InChI is InChI=1S/C15H14N6O2/c16-11-12-10-13(21(22)23)2-3-14(12)19-6-8-20(9-7-19)15-17-4-1-5-18-15/h1-5,10H,6-9H2. The number of nitrogens with zero attached hydrogens (tertiary/aromatic N) is 6. The monoisotopic (exact) mass is 310 g/mol. The van der Waals surface area contributed by atoms with Gasteiger partial charge in [0.25, 0.3) is 5.69 Å². The minimum Gasteiger partial charge on any atom is -0.367 e. The number of non-ortho nitro benzene ring substituents is 1. The molecule has 0 bridgehead atoms. The molecule has 0 saturated carbocycles. The molecule has 1 aromatic carbocycles. The Morgan fingerprint density at radius 2 is 1.78 bits per heavy atom. The number of nitro groups is 1. The minimum atomic E-state index is -0.491. The fourth-order valence-electron chi connectivity index (χ4n) is 2.60. The predicted octanol–water partition coefficient (Wildman–Crippen LogP) is 1.58. The fourth-order valence-corrected chi connectivity index (χ4v) is 2.60. The van der Waals surface area contributed by atoms with E-state index >= 15 is 0 Å². The van der Waals surface area contributed by atoms with Crippen molar-refractivity contribution in [3.05, 3.63) is 52.3 Å². The molecule has 8 heteroatoms. The molecule has 1 aromatic heterocycles. The average molecular weight is 310 g/mol. The average Bonchev–Trinajstić information content (AvgIpc) is 2.62. The summed E-state index contributed by atoms with van der Waals surface area (Å²) < 4.78 is 0. The van der Waals surface area contributed by atoms with Gasteiger partial charge in [-0.05, 0) is 12.1 Å². The van der Waals surface area contributed by atoms with E-state index in [1.165, 1.54) is 12.1 Å². The van der Waals surface area contributed by atoms with Crippen LogP contribution in [0.2, 0.25) is 0 Å². The number of rotatable bonds is 3. The number of hydrogen-bond donors (Lipinski definition) is 0. The van der Waals surface area contributed by atoms with Crippen molar-refractivity contribution < 1.29 is 4.92 Å². The third-order valence-corrected chi connectivity index (χ3v) is 3.77. The van der Waals surface area contributed by atoms with E-state index in [1.807, 2.05) is 6.07 Å². The molecule has 2 heterocycles. The SMILES string of the molecule is N#Cc1cc([N+](=O)[O-])ccc1N1CCN(c2ncccn2)CC1. The number of aromatic nitrogens is 2. The maximum Gasteiger partial charge on any atom is 0.270 e. The van der Waals surface area contributed by atoms with E-state index in [9.17, 15) is 15.4 Å². The van der Waals surface area contributed by atoms with Crippen LogP contribution in [0.15, 0.2) is 36.7 Å². The van der Waals surface area contributed by atoms with Crippen LogP contribution in [0, 0.1) is 21.4 Å². The van der Waals surface area contributed by atoms with Crippen LogP contribution in [0.25, 0.3) is 0 Å². The first kappa shape index (κ1) is 14.7. The van der Waals surface area contributed by atoms with Crippen LogP contribution in [-0.4, -0.2) is 41.1 Å². The van der Waals surface area contributed by atoms with Crippen LogP contribution in [0.3, 0.4) is 0 Å². The lowest BCUT2D eigenvalue weighted by atomic mass is 10.1. The number of anilines is 2. The topological polar surface area (TPSA) is 99.2 Å². The zero-order chi connectivity index (χ0) is 16.2. The Balaban J connectivity index is 1.75. The maximum atomic E-state index is 10.8. The highest BCUT2D eigenvalue weighted by Gasteiger charge is 2.22. The van der Waals surface area contributed by atoms with Gasteiger partial charge < -0.3 is 9.80 Å². The molecule has 1 fully saturated rings. The maximum absolute atomic E-state index is 10.8. The highest BCUT2D eigenvalue weighted by molar-refractivity contribution is 5.63. The smallest absolute Gasteiger partial charge is 0.270 e. The Hall–Kier alpha value is -3.21. The van der Waals surface area contributed by atoms with Gasteiger partial charge in [-0.25, -0.2) is 9.97 Å². The molecule has 0 unspecified atom stereocenters. The molecule has 3 rings (SSSR count). The quantitative estimate of drug-likeness (QED) is 0.627. The van der Waals surface area contributed by atoms with E-state index in [2.05, 4.69) is 19.8 Å². The summed E-state index contributed by atoms with van der Waals surface area (Å²) in [5.41, 5.74) is 0.983. The highest BCUT2D eigenvalue weighted by atomic mass is 16.6. The van der Waals surface area contributed by atoms with Crippen molar-refractivity contribution in [3.8, 4) is 6.07 Å². The lowest BCUT2D eigenvalue weighted by Crippen LogP contribution is -2.47. The van der Waals surface area contributed by atoms with E-state index in [1.54, 1.807) is 24.5 Å². The molecule has 0 atom stereocenters. The van der Waals surface area contributed by atoms with Crippen LogP contribution in [0.4, 0.5) is 17.3 Å². The summed E-state index contributed by atoms with van der Waals surface area (Å²) in [6.45, 7) is 2.85. The third kappa shape index (κ3) is 3.03. The van der Waals surface area contributed by atoms with Gasteiger partial charge in [0.05, 0.1) is 16.2 Å². The molecule has 2 aromatic rings. The number of benzene rings is 1. The second-order valence-corrected chi connectivity index (χ2v) is 5.09. The van der Waals surface area contributed by atoms with E-state index in [4.69, 9.17) is 0 Å². The third-order valence-electron chi connectivity index (χ3n) is 3.77. The summed E-state index contributed by atoms with van der Waals surface area (Å²) in [5, 5.41) is 20.1. The Bertz CT molecular complexity index is 750. The number of piperazine rings is 1. The van der Waals surface area contributed by atoms with Crippen LogP contribution >= 0.6 is 0 Å². The van der Waals surface area contributed by atoms with Crippen molar-refractivity contribution in [1.29, 1.82) is 5.26 Å². The van der Waals surface area contributed by atoms with Gasteiger partial charge in [-0.2, -0.15) is 5.26 Å². The Morgan fingerprint density at radius 1 is 1.13 bits per heavy atom. The molecule has 8 nitrogen and oxygen atoms in total. The first-order valence-corrected chi connectivity index (χ1v) is 7.14. The van der Waals surface area contributed by atoms with Crippen LogP contribution in [0.5, 0.6) is 0 Å². The lowest BCUT2D eigenvalue weighted by molar-refractivity contribution is -0.384. The second kappa shape index (κ2) is 6.27. The molecule has 0 spiro atoms. The van der Waals surface area contributed by atoms with Crippen molar-refractivity contribution in [2.75, 3.05) is 36.0 Å². The zero-order valence-electron chi connectivity index (χ0n) is 12.3. The molecule has 0 N–H and O–H groups in total. The summed E-state index contributed by atoms with van der Waals surface area (Å²) in [6, 6.07) is 8.22. The fraction of sp³-hybridized carbons (Fsp3) is 0.267. The van der Waals surface area contributed by atoms with Gasteiger partial charge >= 0.3 is 0 Å². The molecule has 0 aliphatic carbocycles. The number of nitro benzene ring substituents is 1. The largest absolute Gasteiger partial charge is 0.367 e. The predicted molar refractivity (Wildman–Crippen MR) is 84.3 cm³/mol. The van der Waals surface area contributed by atoms with Crippen LogP contribution in [-0.2, 0) is 0 Å². The zero-order valence-corrected chi connectivity index (χ0v) is 12.3. The highest BCUT2D eigenvalue weighted by Crippen LogP contribution is 2.26. The van der Waals surface area contributed by atoms with Crippen molar-refractivity contribution in [3.63, 3.8) is 0 Å². The summed E-state index contributed by atoms with van der Waals surface area (Å²) >= 11 is 0. The number of hydrogen-bond acceptors (Lipinski definition) is 7. The lowest BCUT2D eigenvalue weighted by Gasteiger charge is -2.36. The van der Waals surface area contributed by atoms with E-state index in [-0.39, 0.29) is 5.69 Å². The summed E-state index contributed by atoms with van der Waals surface area (Å²) in [6.07, 6.45) is 3.41. The molecule has 1 aliphatic heterocycles. The van der Waals surface area contributed by atoms with E-state index in [0.29, 0.717) is 24.6 Å². The van der Waals surface area contributed by atoms with Gasteiger partial charge in [-0.3, -0.25) is 10.1 Å². The summed E-state index contributed by atoms with van der Waals surface area (Å²) in [5.74, 6) is 0.691. The van der Waals surface area contributed by atoms with Gasteiger partial charge in [-0.15, -0.1) is 0 Å². The van der Waals surface area contributed by atoms with Gasteiger partial charge in [0, 0.05) is 50.7 Å². The molecule has 23 heavy (non-hydrogen) atoms. The van der Waals surface area contributed by atoms with Crippen LogP contribution < -0.4 is 9.80 Å². The number of nitriles is 1. The normalized spacial score (nSPS) is 14.4. The van der Waals surface area contributed by atoms with E-state index < -0.39 is 4.92 Å². The van der Waals surface area contributed by atoms with E-state index in [0.717, 1.165) is 18.8 Å². The molecule has 116 valence electrons. The van der Waals surface area contributed by atoms with Gasteiger partial charge in [0.1, 0.15) is 6.07 Å². The van der Waals surface area contributed by atoms with Crippen molar-refractivity contribution in [2.45, 2.75) is 0 Å². The molecular weight excluding hydrogens is 296 g/mol. The molecule has 0 amide bonds. The first-order valence-electron chi connectivity index (χ1n) is 7.14. The summed E-state index contributed by atoms with van der Waals surface area (Å²) in [4.78, 5) is 22.9. The van der Waals surface area contributed by atoms with Gasteiger partial charge in [-0.1, -0.05) is 0 Å². The van der Waals surface area contributed by atoms with Gasteiger partial charge in [0.2, 0.25) is 5.95 Å². The second-order valence-electron chi connectivity index (χ2n) is 5.09. The van der Waals surface area contributed by atoms with Gasteiger partial charge in [0.15, 0.2) is 0 Å². The van der Waals surface area contributed by atoms with Crippen LogP contribution in [0.1, 0.15) is 5.56 Å². The van der Waals surface area contributed by atoms with Crippen molar-refractivity contribution in [2.24, 2.45) is 0 Å². The molecular formula is C15H14N6O2.